The van der Waals surface area contributed by atoms with Gasteiger partial charge >= 0.3 is 0 Å². The maximum Gasteiger partial charge on any atom is 0.238 e. The average Bonchev–Trinajstić information content (AvgIpc) is 2.35. The number of benzene rings is 1. The molecule has 5 nitrogen and oxygen atoms in total. The van der Waals surface area contributed by atoms with Gasteiger partial charge < -0.3 is 20.6 Å². The highest BCUT2D eigenvalue weighted by atomic mass is 35.5. The maximum absolute atomic E-state index is 11.6. The Kier molecular flexibility index (Phi) is 6.62. The fourth-order valence-electron chi connectivity index (χ4n) is 1.48. The number of rotatable bonds is 7. The van der Waals surface area contributed by atoms with Crippen molar-refractivity contribution < 1.29 is 9.90 Å². The van der Waals surface area contributed by atoms with Crippen LogP contribution in [0.3, 0.4) is 0 Å². The SMILES string of the molecule is CN(C)CC(=O)Nc1cccc(NCC(O)CCl)c1. The van der Waals surface area contributed by atoms with E-state index in [2.05, 4.69) is 10.6 Å². The molecule has 1 rings (SSSR count). The maximum atomic E-state index is 11.6. The minimum absolute atomic E-state index is 0.0667. The molecule has 106 valence electrons. The number of carbonyl (C=O) groups is 1. The van der Waals surface area contributed by atoms with Crippen molar-refractivity contribution in [1.29, 1.82) is 0 Å². The van der Waals surface area contributed by atoms with Crippen molar-refractivity contribution >= 4 is 28.9 Å². The lowest BCUT2D eigenvalue weighted by Crippen LogP contribution is -2.27. The standard InChI is InChI=1S/C13H20ClN3O2/c1-17(2)9-13(19)16-11-5-3-4-10(6-11)15-8-12(18)7-14/h3-6,12,15,18H,7-9H2,1-2H3,(H,16,19). The molecule has 19 heavy (non-hydrogen) atoms. The number of alkyl halides is 1. The van der Waals surface area contributed by atoms with Gasteiger partial charge in [-0.2, -0.15) is 0 Å². The number of carbonyl (C=O) groups excluding carboxylic acids is 1. The van der Waals surface area contributed by atoms with E-state index >= 15 is 0 Å². The van der Waals surface area contributed by atoms with E-state index in [1.165, 1.54) is 0 Å². The summed E-state index contributed by atoms with van der Waals surface area (Å²) in [6, 6.07) is 7.33. The molecule has 0 aliphatic heterocycles. The van der Waals surface area contributed by atoms with Gasteiger partial charge in [0.25, 0.3) is 0 Å². The van der Waals surface area contributed by atoms with E-state index in [0.717, 1.165) is 11.4 Å². The zero-order valence-electron chi connectivity index (χ0n) is 11.2. The lowest BCUT2D eigenvalue weighted by Gasteiger charge is -2.13. The number of nitrogens with one attached hydrogen (secondary N) is 2. The zero-order valence-corrected chi connectivity index (χ0v) is 11.9. The Labute approximate surface area is 118 Å². The fraction of sp³-hybridized carbons (Fsp3) is 0.462. The monoisotopic (exact) mass is 285 g/mol. The molecule has 1 amide bonds. The summed E-state index contributed by atoms with van der Waals surface area (Å²) in [5.41, 5.74) is 1.55. The number of aliphatic hydroxyl groups excluding tert-OH is 1. The quantitative estimate of drug-likeness (QED) is 0.659. The van der Waals surface area contributed by atoms with E-state index in [4.69, 9.17) is 11.6 Å². The van der Waals surface area contributed by atoms with Gasteiger partial charge in [-0.25, -0.2) is 0 Å². The molecule has 0 saturated carbocycles. The van der Waals surface area contributed by atoms with E-state index in [1.54, 1.807) is 4.90 Å². The first-order valence-electron chi connectivity index (χ1n) is 6.04. The van der Waals surface area contributed by atoms with Crippen LogP contribution in [0.4, 0.5) is 11.4 Å². The van der Waals surface area contributed by atoms with Crippen LogP contribution in [0.5, 0.6) is 0 Å². The molecule has 0 bridgehead atoms. The second kappa shape index (κ2) is 7.99. The number of aliphatic hydroxyl groups is 1. The number of halogens is 1. The van der Waals surface area contributed by atoms with Gasteiger partial charge in [0, 0.05) is 17.9 Å². The first-order chi connectivity index (χ1) is 9.01. The largest absolute Gasteiger partial charge is 0.390 e. The Morgan fingerprint density at radius 1 is 1.42 bits per heavy atom. The van der Waals surface area contributed by atoms with Crippen LogP contribution in [0.15, 0.2) is 24.3 Å². The van der Waals surface area contributed by atoms with E-state index in [0.29, 0.717) is 13.1 Å². The van der Waals surface area contributed by atoms with Gasteiger partial charge in [-0.3, -0.25) is 4.79 Å². The van der Waals surface area contributed by atoms with Crippen molar-refractivity contribution in [1.82, 2.24) is 4.90 Å². The predicted octanol–water partition coefficient (Wildman–Crippen LogP) is 1.20. The highest BCUT2D eigenvalue weighted by Gasteiger charge is 2.05. The highest BCUT2D eigenvalue weighted by molar-refractivity contribution is 6.18. The van der Waals surface area contributed by atoms with E-state index in [-0.39, 0.29) is 11.8 Å². The third-order valence-electron chi connectivity index (χ3n) is 2.33. The molecule has 0 fully saturated rings. The van der Waals surface area contributed by atoms with Crippen LogP contribution in [0.2, 0.25) is 0 Å². The van der Waals surface area contributed by atoms with Gasteiger partial charge in [0.05, 0.1) is 18.5 Å². The molecule has 0 radical (unpaired) electrons. The van der Waals surface area contributed by atoms with Crippen molar-refractivity contribution in [3.05, 3.63) is 24.3 Å². The summed E-state index contributed by atoms with van der Waals surface area (Å²) in [6.07, 6.45) is -0.589. The number of hydrogen-bond acceptors (Lipinski definition) is 4. The van der Waals surface area contributed by atoms with Crippen LogP contribution < -0.4 is 10.6 Å². The van der Waals surface area contributed by atoms with Crippen LogP contribution in [0.1, 0.15) is 0 Å². The van der Waals surface area contributed by atoms with Crippen molar-refractivity contribution in [2.75, 3.05) is 43.7 Å². The Morgan fingerprint density at radius 2 is 2.11 bits per heavy atom. The molecule has 0 spiro atoms. The molecule has 0 saturated heterocycles. The topological polar surface area (TPSA) is 64.6 Å². The summed E-state index contributed by atoms with van der Waals surface area (Å²) in [5.74, 6) is 0.120. The lowest BCUT2D eigenvalue weighted by molar-refractivity contribution is -0.116. The van der Waals surface area contributed by atoms with Crippen molar-refractivity contribution in [3.63, 3.8) is 0 Å². The average molecular weight is 286 g/mol. The van der Waals surface area contributed by atoms with Crippen LogP contribution >= 0.6 is 11.6 Å². The molecule has 0 aromatic heterocycles. The van der Waals surface area contributed by atoms with Crippen molar-refractivity contribution in [3.8, 4) is 0 Å². The first kappa shape index (κ1) is 15.8. The van der Waals surface area contributed by atoms with E-state index in [1.807, 2.05) is 38.4 Å². The molecule has 3 N–H and O–H groups in total. The van der Waals surface area contributed by atoms with Crippen LogP contribution in [0.25, 0.3) is 0 Å². The number of nitrogens with zero attached hydrogens (tertiary/aromatic N) is 1. The van der Waals surface area contributed by atoms with Crippen LogP contribution in [-0.2, 0) is 4.79 Å². The highest BCUT2D eigenvalue weighted by Crippen LogP contribution is 2.15. The van der Waals surface area contributed by atoms with Gasteiger partial charge in [0.15, 0.2) is 0 Å². The molecule has 1 aromatic rings. The zero-order chi connectivity index (χ0) is 14.3. The van der Waals surface area contributed by atoms with Crippen LogP contribution in [0, 0.1) is 0 Å². The third kappa shape index (κ3) is 6.42. The number of amides is 1. The van der Waals surface area contributed by atoms with E-state index in [9.17, 15) is 9.90 Å². The summed E-state index contributed by atoms with van der Waals surface area (Å²) >= 11 is 5.52. The summed E-state index contributed by atoms with van der Waals surface area (Å²) < 4.78 is 0. The molecule has 6 heteroatoms. The molecule has 0 aliphatic rings. The molecular weight excluding hydrogens is 266 g/mol. The minimum atomic E-state index is -0.589. The number of anilines is 2. The lowest BCUT2D eigenvalue weighted by atomic mass is 10.2. The first-order valence-corrected chi connectivity index (χ1v) is 6.57. The Bertz CT molecular complexity index is 413. The normalized spacial score (nSPS) is 12.3. The Hall–Kier alpha value is -1.30. The molecule has 0 aliphatic carbocycles. The van der Waals surface area contributed by atoms with Gasteiger partial charge in [-0.05, 0) is 32.3 Å². The Balaban J connectivity index is 2.54. The van der Waals surface area contributed by atoms with Gasteiger partial charge in [0.1, 0.15) is 0 Å². The van der Waals surface area contributed by atoms with E-state index < -0.39 is 6.10 Å². The molecule has 1 atom stereocenters. The summed E-state index contributed by atoms with van der Waals surface area (Å²) in [7, 11) is 3.68. The number of likely N-dealkylation sites (N-methyl/N-ethyl adjacent to an activating group) is 1. The number of hydrogen-bond donors (Lipinski definition) is 3. The fourth-order valence-corrected chi connectivity index (χ4v) is 1.59. The molecule has 1 aromatic carbocycles. The molecule has 0 heterocycles. The van der Waals surface area contributed by atoms with Crippen LogP contribution in [-0.4, -0.2) is 55.1 Å². The summed E-state index contributed by atoms with van der Waals surface area (Å²) in [6.45, 7) is 0.710. The summed E-state index contributed by atoms with van der Waals surface area (Å²) in [5, 5.41) is 15.2. The van der Waals surface area contributed by atoms with Crippen molar-refractivity contribution in [2.24, 2.45) is 0 Å². The third-order valence-corrected chi connectivity index (χ3v) is 2.68. The van der Waals surface area contributed by atoms with Gasteiger partial charge in [-0.1, -0.05) is 6.07 Å². The second-order valence-corrected chi connectivity index (χ2v) is 4.86. The summed E-state index contributed by atoms with van der Waals surface area (Å²) in [4.78, 5) is 13.4. The predicted molar refractivity (Wildman–Crippen MR) is 78.8 cm³/mol. The minimum Gasteiger partial charge on any atom is -0.390 e. The Morgan fingerprint density at radius 3 is 2.74 bits per heavy atom. The van der Waals surface area contributed by atoms with Gasteiger partial charge in [0.2, 0.25) is 5.91 Å². The van der Waals surface area contributed by atoms with Crippen molar-refractivity contribution in [2.45, 2.75) is 6.10 Å². The molecular formula is C13H20ClN3O2. The second-order valence-electron chi connectivity index (χ2n) is 4.56. The van der Waals surface area contributed by atoms with Gasteiger partial charge in [-0.15, -0.1) is 11.6 Å². The smallest absolute Gasteiger partial charge is 0.238 e. The molecule has 1 unspecified atom stereocenters.